The molecule has 1 aliphatic carbocycles. The van der Waals surface area contributed by atoms with Gasteiger partial charge in [0.15, 0.2) is 5.60 Å². The highest BCUT2D eigenvalue weighted by molar-refractivity contribution is 7.54. The monoisotopic (exact) mass is 553 g/mol. The predicted octanol–water partition coefficient (Wildman–Crippen LogP) is 7.31. The average molecular weight is 554 g/mol. The molecule has 0 spiro atoms. The largest absolute Gasteiger partial charge is 0.430 e. The third kappa shape index (κ3) is 5.25. The van der Waals surface area contributed by atoms with Crippen LogP contribution in [0.3, 0.4) is 0 Å². The summed E-state index contributed by atoms with van der Waals surface area (Å²) in [5, 5.41) is 0. The lowest BCUT2D eigenvalue weighted by Crippen LogP contribution is -2.53. The zero-order valence-electron chi connectivity index (χ0n) is 23.8. The zero-order chi connectivity index (χ0) is 28.4. The Hall–Kier alpha value is -2.73. The van der Waals surface area contributed by atoms with E-state index in [1.54, 1.807) is 13.8 Å². The fourth-order valence-corrected chi connectivity index (χ4v) is 8.50. The minimum absolute atomic E-state index is 0.146. The molecule has 8 heteroatoms. The molecular formula is C31H40NO6P. The quantitative estimate of drug-likeness (QED) is 0.239. The van der Waals surface area contributed by atoms with E-state index in [1.165, 1.54) is 4.90 Å². The van der Waals surface area contributed by atoms with E-state index >= 15 is 0 Å². The molecule has 1 aliphatic heterocycles. The highest BCUT2D eigenvalue weighted by Crippen LogP contribution is 2.60. The highest BCUT2D eigenvalue weighted by atomic mass is 31.2. The molecule has 1 saturated heterocycles. The normalized spacial score (nSPS) is 23.3. The number of imide groups is 1. The van der Waals surface area contributed by atoms with Crippen molar-refractivity contribution in [3.8, 4) is 0 Å². The smallest absolute Gasteiger partial charge is 0.418 e. The maximum Gasteiger partial charge on any atom is 0.418 e. The number of rotatable bonds is 9. The van der Waals surface area contributed by atoms with Crippen LogP contribution in [0.5, 0.6) is 0 Å². The van der Waals surface area contributed by atoms with Gasteiger partial charge in [0.1, 0.15) is 0 Å². The molecule has 2 amide bonds. The van der Waals surface area contributed by atoms with Crippen molar-refractivity contribution in [2.75, 3.05) is 13.2 Å². The van der Waals surface area contributed by atoms with E-state index in [4.69, 9.17) is 13.8 Å². The lowest BCUT2D eigenvalue weighted by Gasteiger charge is -2.40. The van der Waals surface area contributed by atoms with Crippen molar-refractivity contribution in [2.24, 2.45) is 11.8 Å². The number of hydrogen-bond acceptors (Lipinski definition) is 6. The minimum atomic E-state index is -3.65. The molecule has 210 valence electrons. The van der Waals surface area contributed by atoms with Gasteiger partial charge in [0.2, 0.25) is 5.91 Å². The van der Waals surface area contributed by atoms with Crippen LogP contribution < -0.4 is 0 Å². The minimum Gasteiger partial charge on any atom is -0.430 e. The summed E-state index contributed by atoms with van der Waals surface area (Å²) in [4.78, 5) is 29.7. The molecule has 0 saturated carbocycles. The standard InChI is InChI=1S/C31H40NO6P/c1-7-36-39(35,37-8-2)27-20-23(6)22(5)19-26(27)29(33)32-28(21(3)4)31(38-30(32)34,24-15-11-9-12-16-24)25-17-13-10-14-18-25/h9-18,21,26-28H,7-8,19-20H2,1-6H3/t26-,27-,28?/m0/s1. The van der Waals surface area contributed by atoms with E-state index in [0.717, 1.165) is 22.3 Å². The second-order valence-corrected chi connectivity index (χ2v) is 13.0. The predicted molar refractivity (Wildman–Crippen MR) is 151 cm³/mol. The number of carbonyl (C=O) groups is 2. The fraction of sp³-hybridized carbons (Fsp3) is 0.484. The number of amides is 2. The lowest BCUT2D eigenvalue weighted by atomic mass is 9.75. The van der Waals surface area contributed by atoms with Gasteiger partial charge in [0.25, 0.3) is 0 Å². The maximum atomic E-state index is 14.6. The molecule has 3 atom stereocenters. The van der Waals surface area contributed by atoms with Crippen LogP contribution >= 0.6 is 7.60 Å². The van der Waals surface area contributed by atoms with Gasteiger partial charge in [0.05, 0.1) is 30.8 Å². The summed E-state index contributed by atoms with van der Waals surface area (Å²) in [6.45, 7) is 11.9. The Morgan fingerprint density at radius 2 is 1.44 bits per heavy atom. The van der Waals surface area contributed by atoms with E-state index in [9.17, 15) is 14.2 Å². The summed E-state index contributed by atoms with van der Waals surface area (Å²) >= 11 is 0. The van der Waals surface area contributed by atoms with Gasteiger partial charge in [-0.3, -0.25) is 9.36 Å². The van der Waals surface area contributed by atoms with Gasteiger partial charge < -0.3 is 13.8 Å². The summed E-state index contributed by atoms with van der Waals surface area (Å²) in [5.74, 6) is -1.30. The first-order valence-electron chi connectivity index (χ1n) is 13.8. The van der Waals surface area contributed by atoms with Gasteiger partial charge >= 0.3 is 13.7 Å². The highest BCUT2D eigenvalue weighted by Gasteiger charge is 2.61. The molecule has 0 N–H and O–H groups in total. The van der Waals surface area contributed by atoms with Crippen molar-refractivity contribution >= 4 is 19.6 Å². The van der Waals surface area contributed by atoms with Gasteiger partial charge in [-0.1, -0.05) is 85.7 Å². The Labute approximate surface area is 232 Å². The SMILES string of the molecule is CCOP(=O)(OCC)[C@H]1CC(C)=C(C)C[C@@H]1C(=O)N1C(=O)OC(c2ccccc2)(c2ccccc2)C1C(C)C. The van der Waals surface area contributed by atoms with Crippen molar-refractivity contribution in [1.29, 1.82) is 0 Å². The molecule has 7 nitrogen and oxygen atoms in total. The first-order valence-corrected chi connectivity index (χ1v) is 15.4. The van der Waals surface area contributed by atoms with Crippen LogP contribution in [0, 0.1) is 11.8 Å². The molecule has 2 aliphatic rings. The molecule has 4 rings (SSSR count). The molecule has 39 heavy (non-hydrogen) atoms. The van der Waals surface area contributed by atoms with E-state index in [2.05, 4.69) is 0 Å². The summed E-state index contributed by atoms with van der Waals surface area (Å²) in [5.41, 5.74) is 1.81. The fourth-order valence-electron chi connectivity index (χ4n) is 6.16. The molecular weight excluding hydrogens is 513 g/mol. The average Bonchev–Trinajstić information content (AvgIpc) is 3.25. The second-order valence-electron chi connectivity index (χ2n) is 10.8. The molecule has 2 aromatic carbocycles. The van der Waals surface area contributed by atoms with Crippen LogP contribution in [0.15, 0.2) is 71.8 Å². The van der Waals surface area contributed by atoms with Crippen molar-refractivity contribution in [3.05, 3.63) is 82.9 Å². The van der Waals surface area contributed by atoms with Crippen molar-refractivity contribution in [1.82, 2.24) is 4.90 Å². The molecule has 0 aromatic heterocycles. The topological polar surface area (TPSA) is 82.1 Å². The second kappa shape index (κ2) is 11.8. The number of benzene rings is 2. The van der Waals surface area contributed by atoms with Crippen molar-refractivity contribution in [3.63, 3.8) is 0 Å². The maximum absolute atomic E-state index is 14.6. The lowest BCUT2D eigenvalue weighted by molar-refractivity contribution is -0.135. The molecule has 0 bridgehead atoms. The molecule has 1 fully saturated rings. The number of allylic oxidation sites excluding steroid dienone is 2. The molecule has 1 heterocycles. The number of cyclic esters (lactones) is 1. The number of nitrogens with zero attached hydrogens (tertiary/aromatic N) is 1. The van der Waals surface area contributed by atoms with E-state index in [0.29, 0.717) is 12.8 Å². The Morgan fingerprint density at radius 1 is 0.949 bits per heavy atom. The summed E-state index contributed by atoms with van der Waals surface area (Å²) in [7, 11) is -3.65. The van der Waals surface area contributed by atoms with Crippen LogP contribution in [0.2, 0.25) is 0 Å². The Morgan fingerprint density at radius 3 is 1.90 bits per heavy atom. The Balaban J connectivity index is 1.86. The van der Waals surface area contributed by atoms with Crippen LogP contribution in [0.25, 0.3) is 0 Å². The molecule has 2 aromatic rings. The molecule has 1 unspecified atom stereocenters. The Bertz CT molecular complexity index is 1210. The van der Waals surface area contributed by atoms with Crippen LogP contribution in [-0.4, -0.2) is 41.8 Å². The van der Waals surface area contributed by atoms with Gasteiger partial charge in [-0.15, -0.1) is 0 Å². The first kappa shape index (κ1) is 29.3. The van der Waals surface area contributed by atoms with E-state index in [1.807, 2.05) is 88.4 Å². The van der Waals surface area contributed by atoms with Crippen molar-refractivity contribution < 1.29 is 27.9 Å². The number of ether oxygens (including phenoxy) is 1. The third-order valence-electron chi connectivity index (χ3n) is 7.99. The van der Waals surface area contributed by atoms with Gasteiger partial charge in [0, 0.05) is 11.1 Å². The Kier molecular flexibility index (Phi) is 8.85. The van der Waals surface area contributed by atoms with E-state index in [-0.39, 0.29) is 19.1 Å². The first-order chi connectivity index (χ1) is 18.6. The van der Waals surface area contributed by atoms with Crippen LogP contribution in [0.1, 0.15) is 65.5 Å². The molecule has 0 radical (unpaired) electrons. The van der Waals surface area contributed by atoms with Crippen molar-refractivity contribution in [2.45, 2.75) is 71.7 Å². The number of carbonyl (C=O) groups excluding carboxylic acids is 2. The third-order valence-corrected chi connectivity index (χ3v) is 10.6. The summed E-state index contributed by atoms with van der Waals surface area (Å²) < 4.78 is 31.9. The van der Waals surface area contributed by atoms with E-state index < -0.39 is 42.8 Å². The summed E-state index contributed by atoms with van der Waals surface area (Å²) in [6.07, 6.45) is 0.0754. The van der Waals surface area contributed by atoms with Gasteiger partial charge in [-0.25, -0.2) is 9.69 Å². The zero-order valence-corrected chi connectivity index (χ0v) is 24.6. The van der Waals surface area contributed by atoms with Gasteiger partial charge in [-0.05, 0) is 46.5 Å². The summed E-state index contributed by atoms with van der Waals surface area (Å²) in [6, 6.07) is 18.6. The number of hydrogen-bond donors (Lipinski definition) is 0. The van der Waals surface area contributed by atoms with Gasteiger partial charge in [-0.2, -0.15) is 0 Å². The van der Waals surface area contributed by atoms with Crippen LogP contribution in [-0.2, 0) is 28.7 Å². The van der Waals surface area contributed by atoms with Crippen LogP contribution in [0.4, 0.5) is 4.79 Å².